The predicted molar refractivity (Wildman–Crippen MR) is 227 cm³/mol. The molecule has 1 atom stereocenters. The molecule has 0 aliphatic heterocycles. The molecule has 0 radical (unpaired) electrons. The average Bonchev–Trinajstić information content (AvgIpc) is 3.22. The third kappa shape index (κ3) is 20.6. The van der Waals surface area contributed by atoms with E-state index in [1.807, 2.05) is 6.92 Å². The molecule has 0 saturated heterocycles. The number of unbranched alkanes of at least 4 members (excludes halogenated alkanes) is 12. The standard InChI is InChI=1S/2C16H22O4.C15H20O4/c1-2-3-4-5-6-9-12-20-16(19)14-11-8-7-10-13(14)15(17)18;1-2-3-4-5-6-7-9-12-10-8-11-13(15(17)18)14(12)16(19)20;1-3-4-5-8-11(2)19-15(18)13-10-7-6-9-12(13)14(16)17/h7-8,10-11H,2-6,9,12H2,1H3,(H,17,18);8,10-11H,2-7,9H2,1H3,(H,17,18)(H,19,20);6-7,9-11H,3-5,8H2,1-2H3,(H,16,17). The van der Waals surface area contributed by atoms with Gasteiger partial charge in [-0.05, 0) is 74.9 Å². The summed E-state index contributed by atoms with van der Waals surface area (Å²) >= 11 is 0. The van der Waals surface area contributed by atoms with Crippen LogP contribution < -0.4 is 0 Å². The van der Waals surface area contributed by atoms with Gasteiger partial charge in [-0.3, -0.25) is 0 Å². The molecule has 59 heavy (non-hydrogen) atoms. The molecule has 12 nitrogen and oxygen atoms in total. The van der Waals surface area contributed by atoms with Gasteiger partial charge in [0.25, 0.3) is 0 Å². The zero-order chi connectivity index (χ0) is 44.0. The fourth-order valence-corrected chi connectivity index (χ4v) is 6.14. The highest BCUT2D eigenvalue weighted by Crippen LogP contribution is 2.19. The van der Waals surface area contributed by atoms with Crippen LogP contribution in [0, 0.1) is 0 Å². The molecule has 0 aromatic heterocycles. The molecule has 324 valence electrons. The van der Waals surface area contributed by atoms with Gasteiger partial charge in [0.05, 0.1) is 46.1 Å². The van der Waals surface area contributed by atoms with Crippen molar-refractivity contribution in [3.05, 3.63) is 106 Å². The van der Waals surface area contributed by atoms with E-state index in [0.29, 0.717) is 18.6 Å². The molecule has 0 saturated carbocycles. The number of carboxylic acids is 4. The van der Waals surface area contributed by atoms with E-state index in [9.17, 15) is 33.9 Å². The second-order valence-electron chi connectivity index (χ2n) is 14.3. The molecule has 0 bridgehead atoms. The Morgan fingerprint density at radius 3 is 1.39 bits per heavy atom. The lowest BCUT2D eigenvalue weighted by Gasteiger charge is -2.13. The van der Waals surface area contributed by atoms with E-state index in [2.05, 4.69) is 20.8 Å². The topological polar surface area (TPSA) is 202 Å². The lowest BCUT2D eigenvalue weighted by Crippen LogP contribution is -2.17. The number of hydrogen-bond acceptors (Lipinski definition) is 8. The largest absolute Gasteiger partial charge is 0.478 e. The number of carbonyl (C=O) groups is 6. The molecular weight excluding hydrogens is 757 g/mol. The summed E-state index contributed by atoms with van der Waals surface area (Å²) in [5.74, 6) is -5.71. The Kier molecular flexibility index (Phi) is 26.7. The van der Waals surface area contributed by atoms with Crippen molar-refractivity contribution in [3.63, 3.8) is 0 Å². The number of aryl methyl sites for hydroxylation is 1. The predicted octanol–water partition coefficient (Wildman–Crippen LogP) is 11.4. The van der Waals surface area contributed by atoms with Crippen molar-refractivity contribution in [2.75, 3.05) is 6.61 Å². The summed E-state index contributed by atoms with van der Waals surface area (Å²) in [6, 6.07) is 16.9. The second-order valence-corrected chi connectivity index (χ2v) is 14.3. The number of esters is 2. The zero-order valence-corrected chi connectivity index (χ0v) is 35.2. The Hall–Kier alpha value is -5.52. The maximum atomic E-state index is 11.9. The SMILES string of the molecule is CCCCCC(C)OC(=O)c1ccccc1C(=O)O.CCCCCCCCOC(=O)c1ccccc1C(=O)O.CCCCCCCCc1cccc(C(=O)O)c1C(=O)O. The summed E-state index contributed by atoms with van der Waals surface area (Å²) in [7, 11) is 0. The minimum absolute atomic E-state index is 0.0135. The summed E-state index contributed by atoms with van der Waals surface area (Å²) in [6.45, 7) is 8.62. The van der Waals surface area contributed by atoms with Crippen LogP contribution in [0.25, 0.3) is 0 Å². The highest BCUT2D eigenvalue weighted by molar-refractivity contribution is 6.04. The smallest absolute Gasteiger partial charge is 0.339 e. The average molecular weight is 821 g/mol. The van der Waals surface area contributed by atoms with Crippen LogP contribution in [0.1, 0.15) is 198 Å². The van der Waals surface area contributed by atoms with Crippen LogP contribution in [0.5, 0.6) is 0 Å². The monoisotopic (exact) mass is 820 g/mol. The molecule has 3 aromatic carbocycles. The van der Waals surface area contributed by atoms with Gasteiger partial charge in [-0.2, -0.15) is 0 Å². The van der Waals surface area contributed by atoms with Crippen molar-refractivity contribution in [3.8, 4) is 0 Å². The minimum atomic E-state index is -1.19. The Balaban J connectivity index is 0.000000443. The van der Waals surface area contributed by atoms with E-state index in [-0.39, 0.29) is 39.5 Å². The van der Waals surface area contributed by atoms with Gasteiger partial charge in [0, 0.05) is 0 Å². The summed E-state index contributed by atoms with van der Waals surface area (Å²) in [5, 5.41) is 36.3. The Bertz CT molecular complexity index is 1750. The first-order chi connectivity index (χ1) is 28.3. The molecule has 3 rings (SSSR count). The fraction of sp³-hybridized carbons (Fsp3) is 0.489. The van der Waals surface area contributed by atoms with Crippen molar-refractivity contribution in [2.24, 2.45) is 0 Å². The van der Waals surface area contributed by atoms with E-state index in [4.69, 9.17) is 24.8 Å². The van der Waals surface area contributed by atoms with Crippen LogP contribution in [0.15, 0.2) is 66.7 Å². The molecule has 4 N–H and O–H groups in total. The van der Waals surface area contributed by atoms with Crippen LogP contribution in [0.4, 0.5) is 0 Å². The minimum Gasteiger partial charge on any atom is -0.478 e. The van der Waals surface area contributed by atoms with Crippen LogP contribution in [0.3, 0.4) is 0 Å². The van der Waals surface area contributed by atoms with Crippen LogP contribution in [-0.4, -0.2) is 69.0 Å². The molecule has 0 spiro atoms. The lowest BCUT2D eigenvalue weighted by atomic mass is 9.96. The number of benzene rings is 3. The first-order valence-corrected chi connectivity index (χ1v) is 20.9. The Morgan fingerprint density at radius 2 is 0.898 bits per heavy atom. The van der Waals surface area contributed by atoms with E-state index in [1.165, 1.54) is 68.9 Å². The molecule has 1 unspecified atom stereocenters. The third-order valence-corrected chi connectivity index (χ3v) is 9.40. The van der Waals surface area contributed by atoms with Crippen molar-refractivity contribution < 1.29 is 58.7 Å². The molecule has 0 heterocycles. The molecule has 0 aliphatic carbocycles. The van der Waals surface area contributed by atoms with Gasteiger partial charge in [0.15, 0.2) is 0 Å². The van der Waals surface area contributed by atoms with E-state index < -0.39 is 35.8 Å². The number of carbonyl (C=O) groups excluding carboxylic acids is 2. The van der Waals surface area contributed by atoms with Crippen molar-refractivity contribution in [1.29, 1.82) is 0 Å². The summed E-state index contributed by atoms with van der Waals surface area (Å²) < 4.78 is 10.4. The first kappa shape index (κ1) is 51.5. The molecule has 12 heteroatoms. The fourth-order valence-electron chi connectivity index (χ4n) is 6.14. The molecule has 3 aromatic rings. The second kappa shape index (κ2) is 30.5. The summed E-state index contributed by atoms with van der Waals surface area (Å²) in [4.78, 5) is 68.1. The molecule has 0 amide bonds. The number of ether oxygens (including phenoxy) is 2. The van der Waals surface area contributed by atoms with Crippen molar-refractivity contribution in [2.45, 2.75) is 143 Å². The highest BCUT2D eigenvalue weighted by atomic mass is 16.5. The number of hydrogen-bond donors (Lipinski definition) is 4. The molecule has 0 fully saturated rings. The van der Waals surface area contributed by atoms with Gasteiger partial charge in [0.2, 0.25) is 0 Å². The van der Waals surface area contributed by atoms with Crippen LogP contribution >= 0.6 is 0 Å². The number of carboxylic acid groups (broad SMARTS) is 4. The van der Waals surface area contributed by atoms with Crippen molar-refractivity contribution >= 4 is 35.8 Å². The summed E-state index contributed by atoms with van der Waals surface area (Å²) in [5.41, 5.74) is 0.625. The first-order valence-electron chi connectivity index (χ1n) is 20.9. The maximum Gasteiger partial charge on any atom is 0.339 e. The Labute approximate surface area is 349 Å². The van der Waals surface area contributed by atoms with Crippen LogP contribution in [-0.2, 0) is 15.9 Å². The van der Waals surface area contributed by atoms with E-state index in [0.717, 1.165) is 64.2 Å². The van der Waals surface area contributed by atoms with Gasteiger partial charge in [-0.1, -0.05) is 134 Å². The van der Waals surface area contributed by atoms with Gasteiger partial charge in [0.1, 0.15) is 0 Å². The highest BCUT2D eigenvalue weighted by Gasteiger charge is 2.21. The van der Waals surface area contributed by atoms with Crippen LogP contribution in [0.2, 0.25) is 0 Å². The van der Waals surface area contributed by atoms with Crippen molar-refractivity contribution in [1.82, 2.24) is 0 Å². The normalized spacial score (nSPS) is 10.8. The number of aromatic carboxylic acids is 4. The zero-order valence-electron chi connectivity index (χ0n) is 35.2. The van der Waals surface area contributed by atoms with Gasteiger partial charge in [-0.15, -0.1) is 0 Å². The number of rotatable bonds is 25. The maximum absolute atomic E-state index is 11.9. The van der Waals surface area contributed by atoms with E-state index in [1.54, 1.807) is 36.4 Å². The lowest BCUT2D eigenvalue weighted by molar-refractivity contribution is 0.0313. The Morgan fingerprint density at radius 1 is 0.475 bits per heavy atom. The van der Waals surface area contributed by atoms with Gasteiger partial charge >= 0.3 is 35.8 Å². The quantitative estimate of drug-likeness (QED) is 0.0466. The summed E-state index contributed by atoms with van der Waals surface area (Å²) in [6.07, 6.45) is 17.9. The molecule has 0 aliphatic rings. The third-order valence-electron chi connectivity index (χ3n) is 9.40. The van der Waals surface area contributed by atoms with Gasteiger partial charge < -0.3 is 29.9 Å². The van der Waals surface area contributed by atoms with E-state index >= 15 is 0 Å². The molecular formula is C47H64O12. The van der Waals surface area contributed by atoms with Gasteiger partial charge in [-0.25, -0.2) is 28.8 Å².